The van der Waals surface area contributed by atoms with Gasteiger partial charge in [-0.3, -0.25) is 0 Å². The summed E-state index contributed by atoms with van der Waals surface area (Å²) < 4.78 is 31.6. The fourth-order valence-corrected chi connectivity index (χ4v) is 2.57. The van der Waals surface area contributed by atoms with Crippen molar-refractivity contribution in [3.63, 3.8) is 0 Å². The van der Waals surface area contributed by atoms with E-state index in [-0.39, 0.29) is 17.1 Å². The Morgan fingerprint density at radius 3 is 2.79 bits per heavy atom. The fourth-order valence-electron chi connectivity index (χ4n) is 1.58. The normalized spacial score (nSPS) is 16.7. The molecular weight excluding hydrogens is 270 g/mol. The molecule has 1 heterocycles. The van der Waals surface area contributed by atoms with E-state index in [2.05, 4.69) is 4.40 Å². The van der Waals surface area contributed by atoms with Crippen molar-refractivity contribution >= 4 is 22.2 Å². The summed E-state index contributed by atoms with van der Waals surface area (Å²) in [4.78, 5) is 10.6. The molecule has 1 aromatic rings. The zero-order valence-electron chi connectivity index (χ0n) is 10.0. The van der Waals surface area contributed by atoms with Crippen LogP contribution in [0.25, 0.3) is 0 Å². The molecule has 1 N–H and O–H groups in total. The van der Waals surface area contributed by atoms with Crippen LogP contribution in [0.4, 0.5) is 0 Å². The minimum atomic E-state index is -3.92. The minimum absolute atomic E-state index is 0.332. The highest BCUT2D eigenvalue weighted by molar-refractivity contribution is 7.94. The predicted molar refractivity (Wildman–Crippen MR) is 68.7 cm³/mol. The molecule has 0 saturated heterocycles. The molecule has 19 heavy (non-hydrogen) atoms. The molecule has 2 rings (SSSR count). The number of carboxylic acid groups (broad SMARTS) is 1. The first kappa shape index (κ1) is 13.3. The van der Waals surface area contributed by atoms with Crippen molar-refractivity contribution in [2.24, 2.45) is 4.40 Å². The van der Waals surface area contributed by atoms with Gasteiger partial charge in [0.1, 0.15) is 17.3 Å². The van der Waals surface area contributed by atoms with Gasteiger partial charge in [-0.15, -0.1) is 0 Å². The number of carbonyl (C=O) groups is 1. The highest BCUT2D eigenvalue weighted by Crippen LogP contribution is 2.22. The van der Waals surface area contributed by atoms with Gasteiger partial charge < -0.3 is 9.84 Å². The third kappa shape index (κ3) is 2.82. The fraction of sp³-hybridized carbons (Fsp3) is 0.167. The molecule has 7 heteroatoms. The van der Waals surface area contributed by atoms with Crippen molar-refractivity contribution in [3.8, 4) is 5.75 Å². The van der Waals surface area contributed by atoms with Gasteiger partial charge in [0.25, 0.3) is 10.0 Å². The molecule has 0 amide bonds. The Kier molecular flexibility index (Phi) is 3.39. The molecule has 0 aromatic heterocycles. The second-order valence-corrected chi connectivity index (χ2v) is 5.61. The van der Waals surface area contributed by atoms with Crippen LogP contribution in [-0.4, -0.2) is 32.3 Å². The van der Waals surface area contributed by atoms with Crippen molar-refractivity contribution in [1.29, 1.82) is 0 Å². The zero-order chi connectivity index (χ0) is 14.0. The number of rotatable bonds is 4. The lowest BCUT2D eigenvalue weighted by Crippen LogP contribution is -2.12. The van der Waals surface area contributed by atoms with E-state index < -0.39 is 16.0 Å². The summed E-state index contributed by atoms with van der Waals surface area (Å²) in [6.45, 7) is 1.51. The zero-order valence-corrected chi connectivity index (χ0v) is 10.8. The van der Waals surface area contributed by atoms with Gasteiger partial charge >= 0.3 is 5.97 Å². The number of hydrogen-bond donors (Lipinski definition) is 1. The number of ether oxygens (including phenoxy) is 1. The lowest BCUT2D eigenvalue weighted by atomic mass is 10.2. The maximum Gasteiger partial charge on any atom is 0.338 e. The highest BCUT2D eigenvalue weighted by Gasteiger charge is 2.30. The molecule has 1 aliphatic heterocycles. The number of aliphatic carboxylic acids is 1. The summed E-state index contributed by atoms with van der Waals surface area (Å²) in [5, 5.41) is 8.89. The molecule has 6 nitrogen and oxygen atoms in total. The average molecular weight is 281 g/mol. The summed E-state index contributed by atoms with van der Waals surface area (Å²) in [6, 6.07) is 7.01. The molecule has 0 saturated carbocycles. The van der Waals surface area contributed by atoms with Crippen molar-refractivity contribution in [1.82, 2.24) is 0 Å². The van der Waals surface area contributed by atoms with Crippen LogP contribution in [0.5, 0.6) is 5.75 Å². The molecule has 0 unspecified atom stereocenters. The van der Waals surface area contributed by atoms with Crippen LogP contribution in [0.15, 0.2) is 39.1 Å². The van der Waals surface area contributed by atoms with Gasteiger partial charge in [-0.25, -0.2) is 4.79 Å². The summed E-state index contributed by atoms with van der Waals surface area (Å²) in [5.74, 6) is -0.869. The van der Waals surface area contributed by atoms with E-state index in [9.17, 15) is 13.2 Å². The largest absolute Gasteiger partial charge is 0.488 e. The van der Waals surface area contributed by atoms with Gasteiger partial charge in [0.2, 0.25) is 0 Å². The average Bonchev–Trinajstić information content (AvgIpc) is 2.62. The SMILES string of the molecule is Cc1cccc(OCC2=C(C(=O)O)C=NS2(=O)=O)c1. The number of carboxylic acids is 1. The van der Waals surface area contributed by atoms with Gasteiger partial charge in [-0.2, -0.15) is 12.8 Å². The second-order valence-electron chi connectivity index (χ2n) is 3.96. The van der Waals surface area contributed by atoms with E-state index in [1.54, 1.807) is 18.2 Å². The molecule has 0 aliphatic carbocycles. The van der Waals surface area contributed by atoms with Gasteiger partial charge in [0, 0.05) is 0 Å². The summed E-state index contributed by atoms with van der Waals surface area (Å²) in [6.07, 6.45) is 0.826. The molecule has 0 spiro atoms. The lowest BCUT2D eigenvalue weighted by molar-refractivity contribution is -0.132. The van der Waals surface area contributed by atoms with E-state index in [4.69, 9.17) is 9.84 Å². The molecule has 0 bridgehead atoms. The smallest absolute Gasteiger partial charge is 0.338 e. The summed E-state index contributed by atoms with van der Waals surface area (Å²) in [5.41, 5.74) is 0.600. The first-order valence-corrected chi connectivity index (χ1v) is 6.80. The van der Waals surface area contributed by atoms with Crippen LogP contribution in [0.2, 0.25) is 0 Å². The van der Waals surface area contributed by atoms with Crippen LogP contribution in [0.3, 0.4) is 0 Å². The molecular formula is C12H11NO5S. The van der Waals surface area contributed by atoms with E-state index in [0.717, 1.165) is 11.8 Å². The van der Waals surface area contributed by atoms with Crippen LogP contribution < -0.4 is 4.74 Å². The van der Waals surface area contributed by atoms with Crippen LogP contribution in [-0.2, 0) is 14.8 Å². The van der Waals surface area contributed by atoms with E-state index in [1.807, 2.05) is 13.0 Å². The molecule has 1 aromatic carbocycles. The van der Waals surface area contributed by atoms with Gasteiger partial charge in [0.05, 0.1) is 11.8 Å². The Bertz CT molecular complexity index is 688. The Morgan fingerprint density at radius 1 is 1.42 bits per heavy atom. The Labute approximate surface area is 110 Å². The number of sulfonamides is 1. The summed E-state index contributed by atoms with van der Waals surface area (Å²) >= 11 is 0. The number of aryl methyl sites for hydroxylation is 1. The van der Waals surface area contributed by atoms with Crippen LogP contribution in [0.1, 0.15) is 5.56 Å². The van der Waals surface area contributed by atoms with Crippen molar-refractivity contribution < 1.29 is 23.1 Å². The van der Waals surface area contributed by atoms with Crippen molar-refractivity contribution in [2.75, 3.05) is 6.61 Å². The maximum absolute atomic E-state index is 11.6. The Hall–Kier alpha value is -2.15. The molecule has 0 fully saturated rings. The van der Waals surface area contributed by atoms with E-state index in [0.29, 0.717) is 5.75 Å². The van der Waals surface area contributed by atoms with Crippen LogP contribution in [0, 0.1) is 6.92 Å². The number of hydrogen-bond acceptors (Lipinski definition) is 4. The molecule has 0 radical (unpaired) electrons. The highest BCUT2D eigenvalue weighted by atomic mass is 32.2. The van der Waals surface area contributed by atoms with E-state index in [1.165, 1.54) is 0 Å². The predicted octanol–water partition coefficient (Wildman–Crippen LogP) is 1.13. The Balaban J connectivity index is 2.23. The van der Waals surface area contributed by atoms with E-state index >= 15 is 0 Å². The molecule has 100 valence electrons. The molecule has 1 aliphatic rings. The van der Waals surface area contributed by atoms with Gasteiger partial charge in [-0.1, -0.05) is 12.1 Å². The van der Waals surface area contributed by atoms with Gasteiger partial charge in [-0.05, 0) is 24.6 Å². The summed E-state index contributed by atoms with van der Waals surface area (Å²) in [7, 11) is -3.92. The maximum atomic E-state index is 11.6. The number of nitrogens with zero attached hydrogens (tertiary/aromatic N) is 1. The first-order valence-electron chi connectivity index (χ1n) is 5.36. The first-order chi connectivity index (χ1) is 8.90. The van der Waals surface area contributed by atoms with Crippen LogP contribution >= 0.6 is 0 Å². The van der Waals surface area contributed by atoms with Crippen molar-refractivity contribution in [2.45, 2.75) is 6.92 Å². The third-order valence-electron chi connectivity index (χ3n) is 2.52. The Morgan fingerprint density at radius 2 is 2.16 bits per heavy atom. The minimum Gasteiger partial charge on any atom is -0.488 e. The lowest BCUT2D eigenvalue weighted by Gasteiger charge is -2.07. The monoisotopic (exact) mass is 281 g/mol. The third-order valence-corrected chi connectivity index (χ3v) is 3.87. The van der Waals surface area contributed by atoms with Gasteiger partial charge in [0.15, 0.2) is 0 Å². The van der Waals surface area contributed by atoms with Crippen molar-refractivity contribution in [3.05, 3.63) is 40.3 Å². The quantitative estimate of drug-likeness (QED) is 0.892. The topological polar surface area (TPSA) is 93.0 Å². The second kappa shape index (κ2) is 4.85. The number of benzene rings is 1. The molecule has 0 atom stereocenters. The standard InChI is InChI=1S/C12H11NO5S/c1-8-3-2-4-9(5-8)18-7-11-10(12(14)15)6-13-19(11,16)17/h2-6H,7H2,1H3,(H,14,15).